The summed E-state index contributed by atoms with van der Waals surface area (Å²) in [6.07, 6.45) is 1.54. The van der Waals surface area contributed by atoms with Crippen molar-refractivity contribution in [1.82, 2.24) is 4.57 Å². The Labute approximate surface area is 185 Å². The van der Waals surface area contributed by atoms with Gasteiger partial charge in [0, 0.05) is 41.0 Å². The number of ether oxygens (including phenoxy) is 1. The number of nitrogens with one attached hydrogen (secondary N) is 1. The van der Waals surface area contributed by atoms with Crippen LogP contribution in [0.5, 0.6) is 5.75 Å². The number of anilines is 1. The second-order valence-electron chi connectivity index (χ2n) is 7.25. The Morgan fingerprint density at radius 1 is 1.19 bits per heavy atom. The number of nitro groups is 1. The number of hydrogen-bond donors (Lipinski definition) is 1. The molecule has 1 aromatic heterocycles. The molecule has 0 unspecified atom stereocenters. The van der Waals surface area contributed by atoms with Crippen molar-refractivity contribution < 1.29 is 14.5 Å². The number of nitriles is 1. The van der Waals surface area contributed by atoms with Crippen LogP contribution in [0.3, 0.4) is 0 Å². The molecule has 1 amide bonds. The van der Waals surface area contributed by atoms with E-state index in [0.29, 0.717) is 17.0 Å². The minimum absolute atomic E-state index is 0.0230. The van der Waals surface area contributed by atoms with Crippen LogP contribution in [0.2, 0.25) is 0 Å². The first-order valence-electron chi connectivity index (χ1n) is 9.76. The molecular formula is C24H22N4O4. The molecule has 32 heavy (non-hydrogen) atoms. The molecule has 8 heteroatoms. The fourth-order valence-corrected chi connectivity index (χ4v) is 3.51. The molecule has 0 saturated carbocycles. The van der Waals surface area contributed by atoms with Crippen molar-refractivity contribution in [3.8, 4) is 17.5 Å². The van der Waals surface area contributed by atoms with Gasteiger partial charge in [-0.15, -0.1) is 0 Å². The average molecular weight is 430 g/mol. The summed E-state index contributed by atoms with van der Waals surface area (Å²) in [4.78, 5) is 23.3. The number of nitro benzene ring substituents is 1. The second-order valence-corrected chi connectivity index (χ2v) is 7.25. The van der Waals surface area contributed by atoms with Gasteiger partial charge in [0.25, 0.3) is 11.6 Å². The molecule has 1 heterocycles. The Hall–Kier alpha value is -4.38. The number of nitrogens with zero attached hydrogens (tertiary/aromatic N) is 3. The molecule has 2 aromatic carbocycles. The summed E-state index contributed by atoms with van der Waals surface area (Å²) in [5.74, 6) is 0.0596. The predicted molar refractivity (Wildman–Crippen MR) is 122 cm³/mol. The highest BCUT2D eigenvalue weighted by atomic mass is 16.6. The maximum absolute atomic E-state index is 12.7. The third kappa shape index (κ3) is 4.52. The van der Waals surface area contributed by atoms with Crippen LogP contribution in [0.4, 0.5) is 11.4 Å². The van der Waals surface area contributed by atoms with Crippen LogP contribution in [0.15, 0.2) is 54.1 Å². The van der Waals surface area contributed by atoms with Crippen LogP contribution < -0.4 is 10.1 Å². The molecular weight excluding hydrogens is 408 g/mol. The van der Waals surface area contributed by atoms with E-state index < -0.39 is 10.8 Å². The highest BCUT2D eigenvalue weighted by molar-refractivity contribution is 6.09. The molecule has 0 atom stereocenters. The van der Waals surface area contributed by atoms with Crippen molar-refractivity contribution >= 4 is 23.4 Å². The quantitative estimate of drug-likeness (QED) is 0.260. The van der Waals surface area contributed by atoms with Gasteiger partial charge >= 0.3 is 0 Å². The van der Waals surface area contributed by atoms with Crippen LogP contribution in [0, 0.1) is 42.2 Å². The van der Waals surface area contributed by atoms with E-state index in [1.54, 1.807) is 37.3 Å². The van der Waals surface area contributed by atoms with E-state index in [9.17, 15) is 20.2 Å². The van der Waals surface area contributed by atoms with Gasteiger partial charge in [-0.2, -0.15) is 5.26 Å². The number of non-ortho nitro benzene ring substituents is 1. The Kier molecular flexibility index (Phi) is 6.40. The molecule has 3 aromatic rings. The molecule has 162 valence electrons. The van der Waals surface area contributed by atoms with Gasteiger partial charge < -0.3 is 14.6 Å². The standard InChI is InChI=1S/C24H22N4O4/c1-15-10-21(28(30)31)8-9-23(15)27-16(2)11-18(17(27)3)12-19(14-25)24(29)26-20-6-5-7-22(13-20)32-4/h5-13H,1-4H3,(H,26,29)/b19-12+. The molecule has 0 saturated heterocycles. The summed E-state index contributed by atoms with van der Waals surface area (Å²) in [5, 5.41) is 23.3. The Balaban J connectivity index is 1.95. The van der Waals surface area contributed by atoms with Crippen molar-refractivity contribution in [2.24, 2.45) is 0 Å². The average Bonchev–Trinajstić information content (AvgIpc) is 3.04. The van der Waals surface area contributed by atoms with E-state index in [2.05, 4.69) is 5.32 Å². The third-order valence-corrected chi connectivity index (χ3v) is 5.09. The van der Waals surface area contributed by atoms with E-state index in [0.717, 1.165) is 22.6 Å². The molecule has 0 fully saturated rings. The molecule has 1 N–H and O–H groups in total. The lowest BCUT2D eigenvalue weighted by Crippen LogP contribution is -2.13. The summed E-state index contributed by atoms with van der Waals surface area (Å²) in [6.45, 7) is 5.57. The van der Waals surface area contributed by atoms with E-state index in [4.69, 9.17) is 4.74 Å². The lowest BCUT2D eigenvalue weighted by molar-refractivity contribution is -0.384. The monoisotopic (exact) mass is 430 g/mol. The SMILES string of the molecule is COc1cccc(NC(=O)/C(C#N)=C/c2cc(C)n(-c3ccc([N+](=O)[O-])cc3C)c2C)c1. The summed E-state index contributed by atoms with van der Waals surface area (Å²) < 4.78 is 7.10. The first kappa shape index (κ1) is 22.3. The lowest BCUT2D eigenvalue weighted by Gasteiger charge is -2.12. The van der Waals surface area contributed by atoms with Gasteiger partial charge in [0.05, 0.1) is 12.0 Å². The smallest absolute Gasteiger partial charge is 0.269 e. The number of methoxy groups -OCH3 is 1. The summed E-state index contributed by atoms with van der Waals surface area (Å²) in [7, 11) is 1.53. The van der Waals surface area contributed by atoms with Gasteiger partial charge in [-0.1, -0.05) is 6.07 Å². The summed E-state index contributed by atoms with van der Waals surface area (Å²) in [6, 6.07) is 15.4. The van der Waals surface area contributed by atoms with E-state index in [1.165, 1.54) is 25.3 Å². The number of amides is 1. The number of hydrogen-bond acceptors (Lipinski definition) is 5. The highest BCUT2D eigenvalue weighted by Crippen LogP contribution is 2.27. The van der Waals surface area contributed by atoms with Gasteiger partial charge in [-0.05, 0) is 62.2 Å². The van der Waals surface area contributed by atoms with Gasteiger partial charge in [-0.3, -0.25) is 14.9 Å². The number of carbonyl (C=O) groups excluding carboxylic acids is 1. The molecule has 0 bridgehead atoms. The van der Waals surface area contributed by atoms with E-state index >= 15 is 0 Å². The lowest BCUT2D eigenvalue weighted by atomic mass is 10.1. The Bertz CT molecular complexity index is 1280. The number of rotatable bonds is 6. The third-order valence-electron chi connectivity index (χ3n) is 5.09. The Morgan fingerprint density at radius 3 is 2.56 bits per heavy atom. The fourth-order valence-electron chi connectivity index (χ4n) is 3.51. The summed E-state index contributed by atoms with van der Waals surface area (Å²) >= 11 is 0. The van der Waals surface area contributed by atoms with Crippen molar-refractivity contribution in [3.63, 3.8) is 0 Å². The van der Waals surface area contributed by atoms with E-state index in [1.807, 2.05) is 30.6 Å². The number of carbonyl (C=O) groups is 1. The number of aromatic nitrogens is 1. The maximum atomic E-state index is 12.7. The van der Waals surface area contributed by atoms with Gasteiger partial charge in [0.15, 0.2) is 0 Å². The van der Waals surface area contributed by atoms with E-state index in [-0.39, 0.29) is 11.3 Å². The Morgan fingerprint density at radius 2 is 1.94 bits per heavy atom. The predicted octanol–water partition coefficient (Wildman–Crippen LogP) is 4.87. The van der Waals surface area contributed by atoms with Crippen molar-refractivity contribution in [2.45, 2.75) is 20.8 Å². The minimum atomic E-state index is -0.530. The van der Waals surface area contributed by atoms with Gasteiger partial charge in [-0.25, -0.2) is 0 Å². The van der Waals surface area contributed by atoms with Crippen molar-refractivity contribution in [1.29, 1.82) is 5.26 Å². The van der Waals surface area contributed by atoms with Crippen molar-refractivity contribution in [2.75, 3.05) is 12.4 Å². The second kappa shape index (κ2) is 9.18. The first-order valence-corrected chi connectivity index (χ1v) is 9.76. The van der Waals surface area contributed by atoms with Crippen LogP contribution in [0.1, 0.15) is 22.5 Å². The van der Waals surface area contributed by atoms with Gasteiger partial charge in [0.1, 0.15) is 17.4 Å². The zero-order valence-corrected chi connectivity index (χ0v) is 18.2. The number of benzene rings is 2. The first-order chi connectivity index (χ1) is 15.2. The molecule has 0 radical (unpaired) electrons. The fraction of sp³-hybridized carbons (Fsp3) is 0.167. The van der Waals surface area contributed by atoms with Gasteiger partial charge in [0.2, 0.25) is 0 Å². The zero-order valence-electron chi connectivity index (χ0n) is 18.2. The molecule has 8 nitrogen and oxygen atoms in total. The van der Waals surface area contributed by atoms with Crippen LogP contribution >= 0.6 is 0 Å². The molecule has 0 spiro atoms. The molecule has 0 aliphatic heterocycles. The minimum Gasteiger partial charge on any atom is -0.497 e. The normalized spacial score (nSPS) is 11.0. The zero-order chi connectivity index (χ0) is 23.4. The topological polar surface area (TPSA) is 110 Å². The maximum Gasteiger partial charge on any atom is 0.269 e. The molecule has 0 aliphatic carbocycles. The van der Waals surface area contributed by atoms with Crippen LogP contribution in [-0.2, 0) is 4.79 Å². The highest BCUT2D eigenvalue weighted by Gasteiger charge is 2.16. The van der Waals surface area contributed by atoms with Crippen LogP contribution in [0.25, 0.3) is 11.8 Å². The largest absolute Gasteiger partial charge is 0.497 e. The molecule has 3 rings (SSSR count). The number of aryl methyl sites for hydroxylation is 2. The van der Waals surface area contributed by atoms with Crippen LogP contribution in [-0.4, -0.2) is 22.5 Å². The van der Waals surface area contributed by atoms with Crippen molar-refractivity contribution in [3.05, 3.63) is 86.7 Å². The summed E-state index contributed by atoms with van der Waals surface area (Å²) in [5.41, 5.74) is 4.42. The molecule has 0 aliphatic rings.